The topological polar surface area (TPSA) is 117 Å². The number of hydrogen-bond acceptors (Lipinski definition) is 6. The number of carboxylic acids is 1. The molecule has 3 rings (SSSR count). The molecule has 0 aliphatic heterocycles. The molecule has 0 aliphatic rings. The SMILES string of the molecule is CCn1nc(C)c(CCN(C)c2ncc(NS(=O)(=O)c3ccccc3C)cc2C(=O)O)c1C. The Morgan fingerprint density at radius 2 is 1.91 bits per heavy atom. The molecule has 2 heterocycles. The molecule has 33 heavy (non-hydrogen) atoms. The average molecular weight is 472 g/mol. The predicted molar refractivity (Wildman–Crippen MR) is 128 cm³/mol. The van der Waals surface area contributed by atoms with Crippen LogP contribution in [0.5, 0.6) is 0 Å². The number of anilines is 2. The first kappa shape index (κ1) is 24.2. The quantitative estimate of drug-likeness (QED) is 0.491. The molecule has 176 valence electrons. The molecule has 0 spiro atoms. The van der Waals surface area contributed by atoms with Crippen molar-refractivity contribution >= 4 is 27.5 Å². The third-order valence-corrected chi connectivity index (χ3v) is 7.16. The van der Waals surface area contributed by atoms with E-state index in [0.717, 1.165) is 23.5 Å². The lowest BCUT2D eigenvalue weighted by Crippen LogP contribution is -2.24. The summed E-state index contributed by atoms with van der Waals surface area (Å²) < 4.78 is 29.9. The molecule has 0 bridgehead atoms. The number of pyridine rings is 1. The second-order valence-corrected chi connectivity index (χ2v) is 9.56. The van der Waals surface area contributed by atoms with Crippen molar-refractivity contribution in [2.75, 3.05) is 23.2 Å². The van der Waals surface area contributed by atoms with E-state index < -0.39 is 16.0 Å². The van der Waals surface area contributed by atoms with Gasteiger partial charge in [-0.25, -0.2) is 18.2 Å². The zero-order chi connectivity index (χ0) is 24.3. The van der Waals surface area contributed by atoms with E-state index in [4.69, 9.17) is 0 Å². The molecule has 2 N–H and O–H groups in total. The van der Waals surface area contributed by atoms with Crippen molar-refractivity contribution in [3.05, 3.63) is 64.6 Å². The zero-order valence-corrected chi connectivity index (χ0v) is 20.3. The lowest BCUT2D eigenvalue weighted by Gasteiger charge is -2.21. The van der Waals surface area contributed by atoms with Crippen molar-refractivity contribution in [2.24, 2.45) is 0 Å². The molecule has 0 fully saturated rings. The van der Waals surface area contributed by atoms with E-state index in [1.54, 1.807) is 37.1 Å². The summed E-state index contributed by atoms with van der Waals surface area (Å²) in [5, 5.41) is 14.3. The number of sulfonamides is 1. The van der Waals surface area contributed by atoms with E-state index in [2.05, 4.69) is 14.8 Å². The molecule has 0 atom stereocenters. The number of carboxylic acid groups (broad SMARTS) is 1. The van der Waals surface area contributed by atoms with Crippen LogP contribution in [0.4, 0.5) is 11.5 Å². The molecule has 10 heteroatoms. The van der Waals surface area contributed by atoms with E-state index in [1.807, 2.05) is 25.5 Å². The number of aromatic nitrogens is 3. The summed E-state index contributed by atoms with van der Waals surface area (Å²) >= 11 is 0. The highest BCUT2D eigenvalue weighted by Gasteiger charge is 2.21. The number of hydrogen-bond donors (Lipinski definition) is 2. The fraction of sp³-hybridized carbons (Fsp3) is 0.348. The van der Waals surface area contributed by atoms with Crippen LogP contribution in [0, 0.1) is 20.8 Å². The van der Waals surface area contributed by atoms with Gasteiger partial charge in [-0.2, -0.15) is 5.10 Å². The Balaban J connectivity index is 1.83. The predicted octanol–water partition coefficient (Wildman–Crippen LogP) is 3.40. The van der Waals surface area contributed by atoms with Crippen LogP contribution in [0.1, 0.15) is 39.8 Å². The van der Waals surface area contributed by atoms with Crippen LogP contribution in [0.25, 0.3) is 0 Å². The zero-order valence-electron chi connectivity index (χ0n) is 19.5. The van der Waals surface area contributed by atoms with E-state index in [9.17, 15) is 18.3 Å². The Bertz CT molecular complexity index is 1280. The smallest absolute Gasteiger partial charge is 0.339 e. The first-order valence-electron chi connectivity index (χ1n) is 10.6. The molecule has 0 saturated carbocycles. The van der Waals surface area contributed by atoms with E-state index in [0.29, 0.717) is 18.5 Å². The van der Waals surface area contributed by atoms with Crippen LogP contribution in [0.15, 0.2) is 41.4 Å². The Hall–Kier alpha value is -3.40. The number of nitrogens with zero attached hydrogens (tertiary/aromatic N) is 4. The Morgan fingerprint density at radius 1 is 1.21 bits per heavy atom. The van der Waals surface area contributed by atoms with Gasteiger partial charge in [0.2, 0.25) is 0 Å². The van der Waals surface area contributed by atoms with Crippen LogP contribution in [0.3, 0.4) is 0 Å². The van der Waals surface area contributed by atoms with Crippen molar-refractivity contribution in [1.82, 2.24) is 14.8 Å². The molecule has 1 aromatic carbocycles. The fourth-order valence-electron chi connectivity index (χ4n) is 3.83. The molecule has 0 saturated heterocycles. The van der Waals surface area contributed by atoms with Gasteiger partial charge in [-0.1, -0.05) is 18.2 Å². The molecule has 0 aliphatic carbocycles. The third kappa shape index (κ3) is 5.16. The van der Waals surface area contributed by atoms with Crippen molar-refractivity contribution < 1.29 is 18.3 Å². The standard InChI is InChI=1S/C23H29N5O4S/c1-6-28-17(4)19(16(3)25-28)11-12-27(5)22-20(23(29)30)13-18(14-24-22)26-33(31,32)21-10-8-7-9-15(21)2/h7-10,13-14,26H,6,11-12H2,1-5H3,(H,29,30). The molecule has 2 aromatic heterocycles. The largest absolute Gasteiger partial charge is 0.478 e. The van der Waals surface area contributed by atoms with Crippen LogP contribution in [0.2, 0.25) is 0 Å². The van der Waals surface area contributed by atoms with Gasteiger partial charge >= 0.3 is 5.97 Å². The lowest BCUT2D eigenvalue weighted by molar-refractivity contribution is 0.0697. The highest BCUT2D eigenvalue weighted by atomic mass is 32.2. The van der Waals surface area contributed by atoms with Gasteiger partial charge in [0.15, 0.2) is 0 Å². The second kappa shape index (κ2) is 9.62. The number of carbonyl (C=O) groups is 1. The summed E-state index contributed by atoms with van der Waals surface area (Å²) in [6, 6.07) is 7.87. The molecule has 0 unspecified atom stereocenters. The maximum absolute atomic E-state index is 12.8. The molecule has 0 amide bonds. The molecule has 9 nitrogen and oxygen atoms in total. The third-order valence-electron chi connectivity index (χ3n) is 5.62. The Kier molecular flexibility index (Phi) is 7.06. The van der Waals surface area contributed by atoms with Gasteiger partial charge in [0.1, 0.15) is 11.4 Å². The normalized spacial score (nSPS) is 11.4. The maximum atomic E-state index is 12.8. The van der Waals surface area contributed by atoms with Crippen molar-refractivity contribution in [3.63, 3.8) is 0 Å². The Labute approximate surface area is 194 Å². The van der Waals surface area contributed by atoms with Crippen LogP contribution in [-0.4, -0.2) is 47.9 Å². The van der Waals surface area contributed by atoms with Gasteiger partial charge in [0, 0.05) is 25.8 Å². The van der Waals surface area contributed by atoms with Crippen LogP contribution in [-0.2, 0) is 23.0 Å². The number of nitrogens with one attached hydrogen (secondary N) is 1. The van der Waals surface area contributed by atoms with E-state index in [1.165, 1.54) is 18.3 Å². The van der Waals surface area contributed by atoms with Gasteiger partial charge in [0.05, 0.1) is 22.5 Å². The number of likely N-dealkylation sites (N-methyl/N-ethyl adjacent to an activating group) is 1. The summed E-state index contributed by atoms with van der Waals surface area (Å²) in [6.45, 7) is 9.03. The van der Waals surface area contributed by atoms with E-state index >= 15 is 0 Å². The van der Waals surface area contributed by atoms with Crippen molar-refractivity contribution in [3.8, 4) is 0 Å². The van der Waals surface area contributed by atoms with Gasteiger partial charge in [-0.15, -0.1) is 0 Å². The average Bonchev–Trinajstić information content (AvgIpc) is 3.04. The van der Waals surface area contributed by atoms with Crippen LogP contribution >= 0.6 is 0 Å². The maximum Gasteiger partial charge on any atom is 0.339 e. The highest BCUT2D eigenvalue weighted by Crippen LogP contribution is 2.24. The number of rotatable bonds is 9. The number of aromatic carboxylic acids is 1. The monoisotopic (exact) mass is 471 g/mol. The van der Waals surface area contributed by atoms with Gasteiger partial charge in [-0.05, 0) is 57.4 Å². The minimum absolute atomic E-state index is 0.0832. The van der Waals surface area contributed by atoms with E-state index in [-0.39, 0.29) is 22.0 Å². The summed E-state index contributed by atoms with van der Waals surface area (Å²) in [6.07, 6.45) is 2.01. The van der Waals surface area contributed by atoms with Crippen LogP contribution < -0.4 is 9.62 Å². The van der Waals surface area contributed by atoms with Gasteiger partial charge in [0.25, 0.3) is 10.0 Å². The summed E-state index contributed by atoms with van der Waals surface area (Å²) in [7, 11) is -2.12. The summed E-state index contributed by atoms with van der Waals surface area (Å²) in [4.78, 5) is 18.1. The second-order valence-electron chi connectivity index (χ2n) is 7.91. The number of aryl methyl sites for hydroxylation is 3. The Morgan fingerprint density at radius 3 is 2.52 bits per heavy atom. The fourth-order valence-corrected chi connectivity index (χ4v) is 5.11. The van der Waals surface area contributed by atoms with Gasteiger partial charge < -0.3 is 10.0 Å². The first-order valence-corrected chi connectivity index (χ1v) is 12.1. The highest BCUT2D eigenvalue weighted by molar-refractivity contribution is 7.92. The summed E-state index contributed by atoms with van der Waals surface area (Å²) in [5.74, 6) is -0.924. The van der Waals surface area contributed by atoms with Crippen molar-refractivity contribution in [2.45, 2.75) is 45.6 Å². The first-order chi connectivity index (χ1) is 15.5. The van der Waals surface area contributed by atoms with Gasteiger partial charge in [-0.3, -0.25) is 9.40 Å². The van der Waals surface area contributed by atoms with Crippen molar-refractivity contribution in [1.29, 1.82) is 0 Å². The summed E-state index contributed by atoms with van der Waals surface area (Å²) in [5.41, 5.74) is 3.77. The minimum atomic E-state index is -3.88. The molecule has 0 radical (unpaired) electrons. The molecular formula is C23H29N5O4S. The number of benzene rings is 1. The minimum Gasteiger partial charge on any atom is -0.478 e. The molecular weight excluding hydrogens is 442 g/mol. The molecule has 3 aromatic rings. The lowest BCUT2D eigenvalue weighted by atomic mass is 10.1.